The predicted octanol–water partition coefficient (Wildman–Crippen LogP) is 3.95. The number of methoxy groups -OCH3 is 1. The number of hydrogen-bond donors (Lipinski definition) is 2. The van der Waals surface area contributed by atoms with E-state index in [0.717, 1.165) is 27.9 Å². The highest BCUT2D eigenvalue weighted by atomic mass is 16.5. The molecular weight excluding hydrogens is 342 g/mol. The average Bonchev–Trinajstić information content (AvgIpc) is 2.91. The van der Waals surface area contributed by atoms with Crippen LogP contribution < -0.4 is 4.90 Å². The zero-order valence-electron chi connectivity index (χ0n) is 16.6. The Morgan fingerprint density at radius 1 is 1.15 bits per heavy atom. The van der Waals surface area contributed by atoms with Crippen molar-refractivity contribution in [1.29, 1.82) is 0 Å². The van der Waals surface area contributed by atoms with E-state index in [1.807, 2.05) is 39.8 Å². The van der Waals surface area contributed by atoms with Gasteiger partial charge < -0.3 is 19.8 Å². The number of carbonyl (C=O) groups excluding carboxylic acids is 1. The number of nitrogens with zero attached hydrogens (tertiary/aromatic N) is 1. The van der Waals surface area contributed by atoms with Crippen molar-refractivity contribution in [2.45, 2.75) is 46.1 Å². The van der Waals surface area contributed by atoms with E-state index in [1.54, 1.807) is 24.1 Å². The molecule has 2 aromatic rings. The van der Waals surface area contributed by atoms with Crippen LogP contribution in [0.15, 0.2) is 24.3 Å². The maximum atomic E-state index is 12.4. The summed E-state index contributed by atoms with van der Waals surface area (Å²) in [4.78, 5) is 14.1. The second-order valence-corrected chi connectivity index (χ2v) is 7.72. The van der Waals surface area contributed by atoms with Gasteiger partial charge in [0.15, 0.2) is 0 Å². The third-order valence-electron chi connectivity index (χ3n) is 5.32. The first-order chi connectivity index (χ1) is 12.7. The number of carbonyl (C=O) groups is 1. The van der Waals surface area contributed by atoms with Gasteiger partial charge in [-0.05, 0) is 68.1 Å². The molecule has 0 spiro atoms. The zero-order chi connectivity index (χ0) is 19.9. The van der Waals surface area contributed by atoms with Crippen molar-refractivity contribution in [3.05, 3.63) is 41.0 Å². The molecule has 3 rings (SSSR count). The van der Waals surface area contributed by atoms with Crippen molar-refractivity contribution < 1.29 is 19.7 Å². The van der Waals surface area contributed by atoms with Crippen LogP contribution in [-0.2, 0) is 22.4 Å². The fraction of sp³-hybridized carbons (Fsp3) is 0.409. The van der Waals surface area contributed by atoms with E-state index in [4.69, 9.17) is 4.74 Å². The SMILES string of the molecule is CCN1C(=O)Cc2c1ccc(C)c2-c1c(O)cc(CC(C)(C)OC)cc1O. The number of hydrogen-bond acceptors (Lipinski definition) is 4. The molecule has 0 radical (unpaired) electrons. The Morgan fingerprint density at radius 2 is 1.78 bits per heavy atom. The average molecular weight is 369 g/mol. The van der Waals surface area contributed by atoms with Gasteiger partial charge in [-0.2, -0.15) is 0 Å². The first kappa shape index (κ1) is 19.2. The molecule has 144 valence electrons. The van der Waals surface area contributed by atoms with Crippen LogP contribution in [0.3, 0.4) is 0 Å². The van der Waals surface area contributed by atoms with Gasteiger partial charge in [0, 0.05) is 25.8 Å². The molecule has 0 unspecified atom stereocenters. The normalized spacial score (nSPS) is 14.0. The Bertz CT molecular complexity index is 878. The molecule has 1 aliphatic heterocycles. The second kappa shape index (κ2) is 6.89. The number of aromatic hydroxyl groups is 2. The monoisotopic (exact) mass is 369 g/mol. The van der Waals surface area contributed by atoms with E-state index >= 15 is 0 Å². The van der Waals surface area contributed by atoms with Gasteiger partial charge in [0.05, 0.1) is 17.6 Å². The van der Waals surface area contributed by atoms with E-state index < -0.39 is 5.60 Å². The number of likely N-dealkylation sites (N-methyl/N-ethyl adjacent to an activating group) is 1. The fourth-order valence-corrected chi connectivity index (χ4v) is 3.85. The molecule has 27 heavy (non-hydrogen) atoms. The fourth-order valence-electron chi connectivity index (χ4n) is 3.85. The summed E-state index contributed by atoms with van der Waals surface area (Å²) >= 11 is 0. The predicted molar refractivity (Wildman–Crippen MR) is 106 cm³/mol. The molecule has 0 atom stereocenters. The second-order valence-electron chi connectivity index (χ2n) is 7.72. The van der Waals surface area contributed by atoms with Gasteiger partial charge in [0.1, 0.15) is 11.5 Å². The molecule has 0 aliphatic carbocycles. The van der Waals surface area contributed by atoms with Crippen LogP contribution in [0.25, 0.3) is 11.1 Å². The third kappa shape index (κ3) is 3.39. The Hall–Kier alpha value is -2.53. The van der Waals surface area contributed by atoms with Gasteiger partial charge in [-0.3, -0.25) is 4.79 Å². The summed E-state index contributed by atoms with van der Waals surface area (Å²) in [6.45, 7) is 8.36. The summed E-state index contributed by atoms with van der Waals surface area (Å²) in [5, 5.41) is 21.5. The first-order valence-electron chi connectivity index (χ1n) is 9.21. The highest BCUT2D eigenvalue weighted by Gasteiger charge is 2.31. The molecule has 1 amide bonds. The summed E-state index contributed by atoms with van der Waals surface area (Å²) in [5.41, 5.74) is 4.13. The number of rotatable bonds is 5. The Morgan fingerprint density at radius 3 is 2.33 bits per heavy atom. The lowest BCUT2D eigenvalue weighted by molar-refractivity contribution is -0.117. The number of amides is 1. The van der Waals surface area contributed by atoms with Crippen LogP contribution in [0.2, 0.25) is 0 Å². The molecular formula is C22H27NO4. The topological polar surface area (TPSA) is 70.0 Å². The number of anilines is 1. The lowest BCUT2D eigenvalue weighted by Gasteiger charge is -2.24. The number of aryl methyl sites for hydroxylation is 1. The molecule has 1 aliphatic rings. The van der Waals surface area contributed by atoms with E-state index in [1.165, 1.54) is 0 Å². The standard InChI is InChI=1S/C22H27NO4/c1-6-23-16-8-7-13(2)20(15(16)11-19(23)26)21-17(24)9-14(10-18(21)25)12-22(3,4)27-5/h7-10,24-25H,6,11-12H2,1-5H3. The van der Waals surface area contributed by atoms with Crippen molar-refractivity contribution in [2.75, 3.05) is 18.6 Å². The van der Waals surface area contributed by atoms with E-state index in [-0.39, 0.29) is 23.8 Å². The van der Waals surface area contributed by atoms with E-state index in [0.29, 0.717) is 18.5 Å². The summed E-state index contributed by atoms with van der Waals surface area (Å²) in [7, 11) is 1.64. The lowest BCUT2D eigenvalue weighted by atomic mass is 9.89. The van der Waals surface area contributed by atoms with Gasteiger partial charge in [-0.1, -0.05) is 6.07 Å². The molecule has 0 saturated carbocycles. The number of fused-ring (bicyclic) bond motifs is 1. The minimum atomic E-state index is -0.404. The van der Waals surface area contributed by atoms with Crippen molar-refractivity contribution in [3.8, 4) is 22.6 Å². The molecule has 2 N–H and O–H groups in total. The zero-order valence-corrected chi connectivity index (χ0v) is 16.6. The maximum Gasteiger partial charge on any atom is 0.231 e. The molecule has 0 fully saturated rings. The van der Waals surface area contributed by atoms with Crippen molar-refractivity contribution in [2.24, 2.45) is 0 Å². The highest BCUT2D eigenvalue weighted by Crippen LogP contribution is 2.46. The van der Waals surface area contributed by atoms with Crippen molar-refractivity contribution >= 4 is 11.6 Å². The molecule has 0 saturated heterocycles. The molecule has 5 nitrogen and oxygen atoms in total. The number of phenols is 2. The highest BCUT2D eigenvalue weighted by molar-refractivity contribution is 6.05. The van der Waals surface area contributed by atoms with Crippen LogP contribution in [0.5, 0.6) is 11.5 Å². The van der Waals surface area contributed by atoms with Gasteiger partial charge in [-0.15, -0.1) is 0 Å². The van der Waals surface area contributed by atoms with Crippen LogP contribution in [0.1, 0.15) is 37.5 Å². The van der Waals surface area contributed by atoms with Gasteiger partial charge in [0.25, 0.3) is 0 Å². The van der Waals surface area contributed by atoms with Gasteiger partial charge in [-0.25, -0.2) is 0 Å². The Balaban J connectivity index is 2.14. The summed E-state index contributed by atoms with van der Waals surface area (Å²) < 4.78 is 5.45. The smallest absolute Gasteiger partial charge is 0.231 e. The molecule has 2 aromatic carbocycles. The van der Waals surface area contributed by atoms with Crippen LogP contribution in [0, 0.1) is 6.92 Å². The molecule has 0 aromatic heterocycles. The summed E-state index contributed by atoms with van der Waals surface area (Å²) in [6, 6.07) is 7.20. The molecule has 5 heteroatoms. The van der Waals surface area contributed by atoms with Gasteiger partial charge >= 0.3 is 0 Å². The minimum absolute atomic E-state index is 0.0100. The minimum Gasteiger partial charge on any atom is -0.507 e. The Labute approximate surface area is 160 Å². The quantitative estimate of drug-likeness (QED) is 0.837. The Kier molecular flexibility index (Phi) is 4.91. The van der Waals surface area contributed by atoms with E-state index in [9.17, 15) is 15.0 Å². The molecule has 1 heterocycles. The number of ether oxygens (including phenoxy) is 1. The van der Waals surface area contributed by atoms with Crippen LogP contribution >= 0.6 is 0 Å². The number of phenolic OH excluding ortho intramolecular Hbond substituents is 2. The molecule has 0 bridgehead atoms. The van der Waals surface area contributed by atoms with Crippen LogP contribution in [0.4, 0.5) is 5.69 Å². The number of benzene rings is 2. The first-order valence-corrected chi connectivity index (χ1v) is 9.21. The van der Waals surface area contributed by atoms with Crippen molar-refractivity contribution in [1.82, 2.24) is 0 Å². The summed E-state index contributed by atoms with van der Waals surface area (Å²) in [6.07, 6.45) is 0.830. The van der Waals surface area contributed by atoms with Gasteiger partial charge in [0.2, 0.25) is 5.91 Å². The van der Waals surface area contributed by atoms with Crippen LogP contribution in [-0.4, -0.2) is 35.4 Å². The van der Waals surface area contributed by atoms with E-state index in [2.05, 4.69) is 0 Å². The largest absolute Gasteiger partial charge is 0.507 e. The lowest BCUT2D eigenvalue weighted by Crippen LogP contribution is -2.25. The van der Waals surface area contributed by atoms with Crippen molar-refractivity contribution in [3.63, 3.8) is 0 Å². The summed E-state index contributed by atoms with van der Waals surface area (Å²) in [5.74, 6) is 0.0587. The third-order valence-corrected chi connectivity index (χ3v) is 5.32. The maximum absolute atomic E-state index is 12.4.